The second kappa shape index (κ2) is 8.60. The average Bonchev–Trinajstić information content (AvgIpc) is 3.17. The Balaban J connectivity index is 1.91. The monoisotopic (exact) mass is 423 g/mol. The maximum absolute atomic E-state index is 12.8. The molecule has 5 nitrogen and oxygen atoms in total. The van der Waals surface area contributed by atoms with Gasteiger partial charge in [-0.2, -0.15) is 4.31 Å². The fourth-order valence-electron chi connectivity index (χ4n) is 2.94. The number of rotatable bonds is 6. The second-order valence-electron chi connectivity index (χ2n) is 6.22. The van der Waals surface area contributed by atoms with E-state index in [4.69, 9.17) is 0 Å². The molecule has 0 saturated carbocycles. The molecule has 1 aromatic heterocycles. The van der Waals surface area contributed by atoms with E-state index in [2.05, 4.69) is 0 Å². The van der Waals surface area contributed by atoms with Crippen molar-refractivity contribution in [3.05, 3.63) is 46.8 Å². The van der Waals surface area contributed by atoms with Crippen molar-refractivity contribution in [1.82, 2.24) is 4.31 Å². The van der Waals surface area contributed by atoms with Gasteiger partial charge in [0.15, 0.2) is 0 Å². The first-order valence-electron chi connectivity index (χ1n) is 8.61. The minimum absolute atomic E-state index is 0.0944. The topological polar surface area (TPSA) is 74.7 Å². The van der Waals surface area contributed by atoms with Gasteiger partial charge in [-0.1, -0.05) is 18.6 Å². The molecule has 0 bridgehead atoms. The summed E-state index contributed by atoms with van der Waals surface area (Å²) in [4.78, 5) is 13.3. The highest BCUT2D eigenvalue weighted by molar-refractivity contribution is 7.98. The van der Waals surface area contributed by atoms with E-state index in [0.717, 1.165) is 41.1 Å². The molecule has 0 amide bonds. The highest BCUT2D eigenvalue weighted by atomic mass is 32.2. The first-order chi connectivity index (χ1) is 12.9. The Morgan fingerprint density at radius 1 is 1.11 bits per heavy atom. The summed E-state index contributed by atoms with van der Waals surface area (Å²) in [6.45, 7) is 1.05. The molecule has 1 aliphatic rings. The number of hydrogen-bond donors (Lipinski definition) is 1. The van der Waals surface area contributed by atoms with E-state index in [1.54, 1.807) is 23.9 Å². The molecule has 1 aromatic carbocycles. The fraction of sp³-hybridized carbons (Fsp3) is 0.316. The van der Waals surface area contributed by atoms with Gasteiger partial charge in [0.25, 0.3) is 10.0 Å². The number of carboxylic acids is 1. The van der Waals surface area contributed by atoms with E-state index < -0.39 is 16.0 Å². The summed E-state index contributed by atoms with van der Waals surface area (Å²) < 4.78 is 27.3. The molecule has 2 heterocycles. The highest BCUT2D eigenvalue weighted by Gasteiger charge is 2.28. The number of thiophene rings is 1. The third-order valence-electron chi connectivity index (χ3n) is 4.41. The summed E-state index contributed by atoms with van der Waals surface area (Å²) >= 11 is 2.63. The van der Waals surface area contributed by atoms with Crippen LogP contribution in [0.15, 0.2) is 45.5 Å². The van der Waals surface area contributed by atoms with Crippen molar-refractivity contribution in [1.29, 1.82) is 0 Å². The van der Waals surface area contributed by atoms with E-state index in [1.165, 1.54) is 10.4 Å². The maximum Gasteiger partial charge on any atom is 0.337 e. The first-order valence-corrected chi connectivity index (χ1v) is 12.1. The predicted octanol–water partition coefficient (Wildman–Crippen LogP) is 4.27. The normalized spacial score (nSPS) is 16.4. The molecular weight excluding hydrogens is 402 g/mol. The second-order valence-corrected chi connectivity index (χ2v) is 10.3. The average molecular weight is 424 g/mol. The summed E-state index contributed by atoms with van der Waals surface area (Å²) in [6, 6.07) is 10.7. The van der Waals surface area contributed by atoms with Crippen molar-refractivity contribution < 1.29 is 18.3 Å². The molecule has 1 N–H and O–H groups in total. The molecular formula is C19H21NO4S3. The number of sulfonamides is 1. The molecule has 144 valence electrons. The molecule has 0 aliphatic carbocycles. The van der Waals surface area contributed by atoms with Crippen LogP contribution in [0.25, 0.3) is 11.6 Å². The van der Waals surface area contributed by atoms with Crippen molar-refractivity contribution in [3.8, 4) is 0 Å². The van der Waals surface area contributed by atoms with Gasteiger partial charge in [-0.05, 0) is 55.0 Å². The van der Waals surface area contributed by atoms with E-state index >= 15 is 0 Å². The van der Waals surface area contributed by atoms with Crippen molar-refractivity contribution in [3.63, 3.8) is 0 Å². The number of benzene rings is 1. The molecule has 1 fully saturated rings. The Morgan fingerprint density at radius 2 is 1.78 bits per heavy atom. The van der Waals surface area contributed by atoms with Crippen LogP contribution in [0.1, 0.15) is 29.7 Å². The van der Waals surface area contributed by atoms with Gasteiger partial charge < -0.3 is 5.11 Å². The molecule has 8 heteroatoms. The van der Waals surface area contributed by atoms with Crippen molar-refractivity contribution in [2.24, 2.45) is 0 Å². The molecule has 3 rings (SSSR count). The Bertz CT molecular complexity index is 940. The zero-order chi connectivity index (χ0) is 19.4. The standard InChI is InChI=1S/C19H21NO4S3/c1-25-15-7-5-14(6-8-15)13-16(19(21)22)17-9-10-18(26-17)27(23,24)20-11-3-2-4-12-20/h5-10,13H,2-4,11-12H2,1H3,(H,21,22)/b16-13-. The van der Waals surface area contributed by atoms with Crippen LogP contribution >= 0.6 is 23.1 Å². The van der Waals surface area contributed by atoms with Gasteiger partial charge in [0.05, 0.1) is 5.57 Å². The number of nitrogens with zero attached hydrogens (tertiary/aromatic N) is 1. The van der Waals surface area contributed by atoms with Crippen LogP contribution in [0.4, 0.5) is 0 Å². The minimum atomic E-state index is -3.55. The molecule has 1 aliphatic heterocycles. The molecule has 1 saturated heterocycles. The van der Waals surface area contributed by atoms with Crippen molar-refractivity contribution in [2.45, 2.75) is 28.4 Å². The Morgan fingerprint density at radius 3 is 2.37 bits per heavy atom. The molecule has 0 spiro atoms. The molecule has 2 aromatic rings. The number of carboxylic acid groups (broad SMARTS) is 1. The van der Waals surface area contributed by atoms with Crippen LogP contribution in [0, 0.1) is 0 Å². The van der Waals surface area contributed by atoms with Crippen molar-refractivity contribution >= 4 is 50.7 Å². The van der Waals surface area contributed by atoms with Gasteiger partial charge in [-0.3, -0.25) is 0 Å². The summed E-state index contributed by atoms with van der Waals surface area (Å²) in [6.07, 6.45) is 6.33. The van der Waals surface area contributed by atoms with Crippen LogP contribution < -0.4 is 0 Å². The summed E-state index contributed by atoms with van der Waals surface area (Å²) in [7, 11) is -3.55. The van der Waals surface area contributed by atoms with Crippen LogP contribution in [-0.2, 0) is 14.8 Å². The van der Waals surface area contributed by atoms with Crippen LogP contribution in [0.5, 0.6) is 0 Å². The quantitative estimate of drug-likeness (QED) is 0.555. The number of thioether (sulfide) groups is 1. The first kappa shape index (κ1) is 20.1. The smallest absolute Gasteiger partial charge is 0.337 e. The van der Waals surface area contributed by atoms with Crippen LogP contribution in [-0.4, -0.2) is 43.1 Å². The lowest BCUT2D eigenvalue weighted by Crippen LogP contribution is -2.35. The number of piperidine rings is 1. The third kappa shape index (κ3) is 4.63. The highest BCUT2D eigenvalue weighted by Crippen LogP contribution is 2.32. The lowest BCUT2D eigenvalue weighted by Gasteiger charge is -2.25. The SMILES string of the molecule is CSc1ccc(/C=C(\C(=O)O)c2ccc(S(=O)(=O)N3CCCCC3)s2)cc1. The fourth-order valence-corrected chi connectivity index (χ4v) is 6.33. The number of aliphatic carboxylic acids is 1. The minimum Gasteiger partial charge on any atom is -0.478 e. The number of carbonyl (C=O) groups is 1. The summed E-state index contributed by atoms with van der Waals surface area (Å²) in [5, 5.41) is 9.62. The van der Waals surface area contributed by atoms with Gasteiger partial charge in [-0.25, -0.2) is 13.2 Å². The molecule has 0 atom stereocenters. The van der Waals surface area contributed by atoms with Gasteiger partial charge in [0.1, 0.15) is 4.21 Å². The predicted molar refractivity (Wildman–Crippen MR) is 111 cm³/mol. The summed E-state index contributed by atoms with van der Waals surface area (Å²) in [5.41, 5.74) is 0.857. The number of hydrogen-bond acceptors (Lipinski definition) is 5. The molecule has 27 heavy (non-hydrogen) atoms. The zero-order valence-corrected chi connectivity index (χ0v) is 17.4. The summed E-state index contributed by atoms with van der Waals surface area (Å²) in [5.74, 6) is -1.08. The lowest BCUT2D eigenvalue weighted by molar-refractivity contribution is -0.130. The lowest BCUT2D eigenvalue weighted by atomic mass is 10.1. The van der Waals surface area contributed by atoms with Crippen molar-refractivity contribution in [2.75, 3.05) is 19.3 Å². The Hall–Kier alpha value is -1.61. The van der Waals surface area contributed by atoms with Gasteiger partial charge >= 0.3 is 5.97 Å². The van der Waals surface area contributed by atoms with Crippen LogP contribution in [0.3, 0.4) is 0 Å². The zero-order valence-electron chi connectivity index (χ0n) is 14.9. The Kier molecular flexibility index (Phi) is 6.41. The van der Waals surface area contributed by atoms with Gasteiger partial charge in [0, 0.05) is 22.9 Å². The van der Waals surface area contributed by atoms with E-state index in [-0.39, 0.29) is 9.78 Å². The molecule has 0 unspecified atom stereocenters. The van der Waals surface area contributed by atoms with E-state index in [0.29, 0.717) is 18.0 Å². The molecule has 0 radical (unpaired) electrons. The Labute approximate surface area is 167 Å². The van der Waals surface area contributed by atoms with Crippen LogP contribution in [0.2, 0.25) is 0 Å². The van der Waals surface area contributed by atoms with Gasteiger partial charge in [-0.15, -0.1) is 23.1 Å². The largest absolute Gasteiger partial charge is 0.478 e. The maximum atomic E-state index is 12.8. The van der Waals surface area contributed by atoms with E-state index in [1.807, 2.05) is 30.5 Å². The third-order valence-corrected chi connectivity index (χ3v) is 8.64. The van der Waals surface area contributed by atoms with E-state index in [9.17, 15) is 18.3 Å². The van der Waals surface area contributed by atoms with Gasteiger partial charge in [0.2, 0.25) is 0 Å².